The summed E-state index contributed by atoms with van der Waals surface area (Å²) in [5.74, 6) is -1.82. The molecule has 17 heavy (non-hydrogen) atoms. The summed E-state index contributed by atoms with van der Waals surface area (Å²) in [5.41, 5.74) is 1.49. The maximum Gasteiger partial charge on any atom is 0.186 e. The predicted octanol–water partition coefficient (Wildman–Crippen LogP) is 1.37. The van der Waals surface area contributed by atoms with Crippen molar-refractivity contribution in [2.75, 3.05) is 0 Å². The molecule has 0 fully saturated rings. The quantitative estimate of drug-likeness (QED) is 0.771. The zero-order chi connectivity index (χ0) is 12.3. The number of carbonyl (C=O) groups excluding carboxylic acids is 1. The van der Waals surface area contributed by atoms with Crippen LogP contribution in [0.3, 0.4) is 0 Å². The summed E-state index contributed by atoms with van der Waals surface area (Å²) < 4.78 is 0. The second-order valence-electron chi connectivity index (χ2n) is 4.16. The van der Waals surface area contributed by atoms with E-state index >= 15 is 0 Å². The first-order chi connectivity index (χ1) is 8.07. The van der Waals surface area contributed by atoms with E-state index in [1.165, 1.54) is 12.2 Å². The van der Waals surface area contributed by atoms with Crippen molar-refractivity contribution in [3.63, 3.8) is 0 Å². The van der Waals surface area contributed by atoms with E-state index in [2.05, 4.69) is 0 Å². The third kappa shape index (κ3) is 3.12. The van der Waals surface area contributed by atoms with Crippen molar-refractivity contribution in [1.29, 1.82) is 0 Å². The van der Waals surface area contributed by atoms with Gasteiger partial charge in [-0.25, -0.2) is 0 Å². The molecule has 88 valence electrons. The Morgan fingerprint density at radius 3 is 2.53 bits per heavy atom. The number of benzene rings is 1. The molecular weight excluding hydrogens is 216 g/mol. The molecule has 0 saturated carbocycles. The zero-order valence-corrected chi connectivity index (χ0v) is 9.34. The Labute approximate surface area is 99.7 Å². The fourth-order valence-electron chi connectivity index (χ4n) is 1.71. The molecule has 1 aromatic rings. The van der Waals surface area contributed by atoms with E-state index in [4.69, 9.17) is 0 Å². The number of allylic oxidation sites excluding steroid dienone is 2. The van der Waals surface area contributed by atoms with E-state index < -0.39 is 5.79 Å². The molecule has 0 spiro atoms. The molecular formula is C14H14O3. The smallest absolute Gasteiger partial charge is 0.186 e. The maximum atomic E-state index is 11.9. The highest BCUT2D eigenvalue weighted by atomic mass is 16.5. The normalized spacial score (nSPS) is 17.6. The highest BCUT2D eigenvalue weighted by Crippen LogP contribution is 2.19. The van der Waals surface area contributed by atoms with Gasteiger partial charge >= 0.3 is 0 Å². The molecule has 1 aliphatic carbocycles. The highest BCUT2D eigenvalue weighted by Gasteiger charge is 2.22. The Morgan fingerprint density at radius 2 is 1.94 bits per heavy atom. The van der Waals surface area contributed by atoms with Crippen LogP contribution >= 0.6 is 0 Å². The zero-order valence-electron chi connectivity index (χ0n) is 9.34. The van der Waals surface area contributed by atoms with Gasteiger partial charge in [-0.15, -0.1) is 0 Å². The molecule has 1 aliphatic rings. The Balaban J connectivity index is 2.04. The van der Waals surface area contributed by atoms with E-state index in [1.807, 2.05) is 30.3 Å². The Morgan fingerprint density at radius 1 is 1.24 bits per heavy atom. The molecule has 0 amide bonds. The van der Waals surface area contributed by atoms with Gasteiger partial charge in [0.25, 0.3) is 0 Å². The van der Waals surface area contributed by atoms with Crippen molar-refractivity contribution in [3.05, 3.63) is 59.7 Å². The van der Waals surface area contributed by atoms with E-state index in [0.717, 1.165) is 5.56 Å². The summed E-state index contributed by atoms with van der Waals surface area (Å²) in [6.45, 7) is 0. The maximum absolute atomic E-state index is 11.9. The van der Waals surface area contributed by atoms with Gasteiger partial charge in [0.2, 0.25) is 0 Å². The van der Waals surface area contributed by atoms with Gasteiger partial charge in [0.15, 0.2) is 11.6 Å². The minimum Gasteiger partial charge on any atom is -0.362 e. The number of ketones is 1. The lowest BCUT2D eigenvalue weighted by Gasteiger charge is -2.19. The lowest BCUT2D eigenvalue weighted by atomic mass is 9.96. The van der Waals surface area contributed by atoms with E-state index in [9.17, 15) is 15.0 Å². The van der Waals surface area contributed by atoms with Crippen LogP contribution in [0.1, 0.15) is 12.0 Å². The van der Waals surface area contributed by atoms with Gasteiger partial charge in [-0.3, -0.25) is 4.79 Å². The van der Waals surface area contributed by atoms with Crippen LogP contribution in [-0.2, 0) is 11.2 Å². The minimum atomic E-state index is -1.81. The molecule has 1 aromatic carbocycles. The molecule has 2 rings (SSSR count). The molecule has 3 nitrogen and oxygen atoms in total. The minimum absolute atomic E-state index is 0.0112. The van der Waals surface area contributed by atoms with Crippen molar-refractivity contribution >= 4 is 5.78 Å². The van der Waals surface area contributed by atoms with Crippen LogP contribution in [0, 0.1) is 0 Å². The Hall–Kier alpha value is -1.71. The number of carbonyl (C=O) groups is 1. The van der Waals surface area contributed by atoms with Gasteiger partial charge in [-0.1, -0.05) is 42.5 Å². The van der Waals surface area contributed by atoms with Crippen molar-refractivity contribution in [1.82, 2.24) is 0 Å². The molecule has 0 saturated heterocycles. The Bertz CT molecular complexity index is 470. The molecule has 0 atom stereocenters. The molecule has 0 aliphatic heterocycles. The van der Waals surface area contributed by atoms with Crippen LogP contribution in [0.25, 0.3) is 0 Å². The van der Waals surface area contributed by atoms with Crippen LogP contribution in [0.2, 0.25) is 0 Å². The van der Waals surface area contributed by atoms with E-state index in [-0.39, 0.29) is 12.2 Å². The van der Waals surface area contributed by atoms with E-state index in [0.29, 0.717) is 12.0 Å². The van der Waals surface area contributed by atoms with Gasteiger partial charge in [0.1, 0.15) is 0 Å². The average Bonchev–Trinajstić information content (AvgIpc) is 2.30. The number of hydrogen-bond acceptors (Lipinski definition) is 3. The highest BCUT2D eigenvalue weighted by molar-refractivity contribution is 5.99. The lowest BCUT2D eigenvalue weighted by Crippen LogP contribution is -2.26. The van der Waals surface area contributed by atoms with Crippen LogP contribution in [0.4, 0.5) is 0 Å². The van der Waals surface area contributed by atoms with Crippen molar-refractivity contribution in [2.45, 2.75) is 18.6 Å². The topological polar surface area (TPSA) is 57.5 Å². The number of hydrogen-bond donors (Lipinski definition) is 2. The molecule has 0 radical (unpaired) electrons. The summed E-state index contributed by atoms with van der Waals surface area (Å²) in [7, 11) is 0. The summed E-state index contributed by atoms with van der Waals surface area (Å²) in [6.07, 6.45) is 4.66. The van der Waals surface area contributed by atoms with Gasteiger partial charge in [0, 0.05) is 18.4 Å². The number of Topliss-reactive ketones (excluding diaryl/α,β-unsaturated/α-hetero) is 1. The third-order valence-electron chi connectivity index (χ3n) is 2.68. The Kier molecular flexibility index (Phi) is 3.22. The predicted molar refractivity (Wildman–Crippen MR) is 64.2 cm³/mol. The number of aliphatic hydroxyl groups is 2. The lowest BCUT2D eigenvalue weighted by molar-refractivity contribution is -0.117. The summed E-state index contributed by atoms with van der Waals surface area (Å²) in [5, 5.41) is 18.6. The van der Waals surface area contributed by atoms with Crippen molar-refractivity contribution < 1.29 is 15.0 Å². The van der Waals surface area contributed by atoms with Crippen molar-refractivity contribution in [3.8, 4) is 0 Å². The first-order valence-corrected chi connectivity index (χ1v) is 5.48. The van der Waals surface area contributed by atoms with Gasteiger partial charge in [-0.2, -0.15) is 0 Å². The van der Waals surface area contributed by atoms with Crippen LogP contribution in [0.5, 0.6) is 0 Å². The molecule has 0 bridgehead atoms. The second kappa shape index (κ2) is 4.65. The fraction of sp³-hybridized carbons (Fsp3) is 0.214. The van der Waals surface area contributed by atoms with Gasteiger partial charge in [-0.05, 0) is 11.6 Å². The van der Waals surface area contributed by atoms with E-state index in [1.54, 1.807) is 6.08 Å². The second-order valence-corrected chi connectivity index (χ2v) is 4.16. The standard InChI is InChI=1S/C14H14O3/c15-13(10-11-4-2-1-3-5-11)12-6-8-14(16,17)9-7-12/h1-8,16-17H,9-10H2. The monoisotopic (exact) mass is 230 g/mol. The first-order valence-electron chi connectivity index (χ1n) is 5.48. The van der Waals surface area contributed by atoms with Crippen LogP contribution in [0.15, 0.2) is 54.1 Å². The van der Waals surface area contributed by atoms with Crippen LogP contribution < -0.4 is 0 Å². The number of rotatable bonds is 3. The molecule has 0 unspecified atom stereocenters. The summed E-state index contributed by atoms with van der Waals surface area (Å²) in [4.78, 5) is 11.9. The van der Waals surface area contributed by atoms with Gasteiger partial charge in [0.05, 0.1) is 0 Å². The van der Waals surface area contributed by atoms with Crippen molar-refractivity contribution in [2.24, 2.45) is 0 Å². The van der Waals surface area contributed by atoms with Crippen LogP contribution in [-0.4, -0.2) is 21.8 Å². The first kappa shape index (κ1) is 11.8. The fourth-order valence-corrected chi connectivity index (χ4v) is 1.71. The SMILES string of the molecule is O=C(Cc1ccccc1)C1=CCC(O)(O)C=C1. The summed E-state index contributed by atoms with van der Waals surface area (Å²) >= 11 is 0. The summed E-state index contributed by atoms with van der Waals surface area (Å²) in [6, 6.07) is 9.47. The molecule has 0 aromatic heterocycles. The van der Waals surface area contributed by atoms with Gasteiger partial charge < -0.3 is 10.2 Å². The molecule has 2 N–H and O–H groups in total. The molecule has 0 heterocycles. The molecule has 3 heteroatoms. The average molecular weight is 230 g/mol. The largest absolute Gasteiger partial charge is 0.362 e. The third-order valence-corrected chi connectivity index (χ3v) is 2.68.